The van der Waals surface area contributed by atoms with Crippen molar-refractivity contribution in [2.24, 2.45) is 0 Å². The molecule has 29 heavy (non-hydrogen) atoms. The van der Waals surface area contributed by atoms with Crippen molar-refractivity contribution in [1.82, 2.24) is 20.1 Å². The standard InChI is InChI=1S/C21H24N4O4/c1-14(2)25-20-18(12-23-25)17(11-15(3)24-20)21(27)29-13-19(26)22-9-10-28-16-7-5-4-6-8-16/h4-8,11-12,14H,9-10,13H2,1-3H3,(H,22,26). The second-order valence-electron chi connectivity index (χ2n) is 6.82. The van der Waals surface area contributed by atoms with Crippen molar-refractivity contribution in [3.05, 3.63) is 53.9 Å². The average molecular weight is 396 g/mol. The molecule has 0 unspecified atom stereocenters. The molecule has 2 heterocycles. The van der Waals surface area contributed by atoms with Crippen LogP contribution >= 0.6 is 0 Å². The lowest BCUT2D eigenvalue weighted by molar-refractivity contribution is -0.124. The molecule has 0 spiro atoms. The molecular formula is C21H24N4O4. The summed E-state index contributed by atoms with van der Waals surface area (Å²) in [6.07, 6.45) is 1.60. The molecule has 1 amide bonds. The van der Waals surface area contributed by atoms with Crippen LogP contribution in [0.5, 0.6) is 5.75 Å². The van der Waals surface area contributed by atoms with Gasteiger partial charge in [-0.05, 0) is 39.0 Å². The molecule has 1 N–H and O–H groups in total. The number of aryl methyl sites for hydroxylation is 1. The van der Waals surface area contributed by atoms with E-state index in [-0.39, 0.29) is 12.6 Å². The van der Waals surface area contributed by atoms with Gasteiger partial charge in [0.05, 0.1) is 23.7 Å². The average Bonchev–Trinajstić information content (AvgIpc) is 3.13. The van der Waals surface area contributed by atoms with E-state index in [2.05, 4.69) is 15.4 Å². The minimum absolute atomic E-state index is 0.106. The van der Waals surface area contributed by atoms with Gasteiger partial charge in [0.2, 0.25) is 0 Å². The van der Waals surface area contributed by atoms with Crippen molar-refractivity contribution in [3.63, 3.8) is 0 Å². The van der Waals surface area contributed by atoms with Crippen LogP contribution in [-0.2, 0) is 9.53 Å². The molecule has 8 nitrogen and oxygen atoms in total. The smallest absolute Gasteiger partial charge is 0.339 e. The summed E-state index contributed by atoms with van der Waals surface area (Å²) in [5.41, 5.74) is 1.64. The molecule has 0 aliphatic heterocycles. The molecule has 0 atom stereocenters. The van der Waals surface area contributed by atoms with Gasteiger partial charge in [-0.3, -0.25) is 4.79 Å². The third-order valence-electron chi connectivity index (χ3n) is 4.17. The maximum Gasteiger partial charge on any atom is 0.339 e. The monoisotopic (exact) mass is 396 g/mol. The van der Waals surface area contributed by atoms with E-state index in [1.807, 2.05) is 44.2 Å². The molecule has 0 saturated carbocycles. The molecule has 152 valence electrons. The van der Waals surface area contributed by atoms with Crippen LogP contribution in [-0.4, -0.2) is 46.4 Å². The maximum absolute atomic E-state index is 12.5. The zero-order valence-electron chi connectivity index (χ0n) is 16.7. The summed E-state index contributed by atoms with van der Waals surface area (Å²) in [5, 5.41) is 7.56. The SMILES string of the molecule is Cc1cc(C(=O)OCC(=O)NCCOc2ccccc2)c2cnn(C(C)C)c2n1. The quantitative estimate of drug-likeness (QED) is 0.465. The van der Waals surface area contributed by atoms with Crippen LogP contribution in [0.25, 0.3) is 11.0 Å². The van der Waals surface area contributed by atoms with Gasteiger partial charge < -0.3 is 14.8 Å². The number of carbonyl (C=O) groups excluding carboxylic acids is 2. The zero-order valence-corrected chi connectivity index (χ0v) is 16.7. The first-order chi connectivity index (χ1) is 14.0. The highest BCUT2D eigenvalue weighted by Crippen LogP contribution is 2.21. The highest BCUT2D eigenvalue weighted by molar-refractivity contribution is 6.03. The molecule has 0 bridgehead atoms. The number of carbonyl (C=O) groups is 2. The van der Waals surface area contributed by atoms with Crippen LogP contribution in [0.15, 0.2) is 42.6 Å². The van der Waals surface area contributed by atoms with E-state index in [0.717, 1.165) is 5.75 Å². The van der Waals surface area contributed by atoms with Crippen LogP contribution in [0.2, 0.25) is 0 Å². The van der Waals surface area contributed by atoms with E-state index in [0.29, 0.717) is 35.4 Å². The second kappa shape index (κ2) is 9.18. The first-order valence-electron chi connectivity index (χ1n) is 9.42. The molecule has 3 aromatic rings. The van der Waals surface area contributed by atoms with Crippen molar-refractivity contribution in [2.75, 3.05) is 19.8 Å². The summed E-state index contributed by atoms with van der Waals surface area (Å²) in [6, 6.07) is 11.1. The van der Waals surface area contributed by atoms with E-state index in [1.165, 1.54) is 0 Å². The van der Waals surface area contributed by atoms with Gasteiger partial charge in [-0.2, -0.15) is 5.10 Å². The van der Waals surface area contributed by atoms with E-state index in [1.54, 1.807) is 23.9 Å². The van der Waals surface area contributed by atoms with Gasteiger partial charge in [-0.15, -0.1) is 0 Å². The Kier molecular flexibility index (Phi) is 6.43. The number of fused-ring (bicyclic) bond motifs is 1. The number of esters is 1. The first kappa shape index (κ1) is 20.3. The number of nitrogens with zero attached hydrogens (tertiary/aromatic N) is 3. The third kappa shape index (κ3) is 5.10. The normalized spacial score (nSPS) is 10.9. The largest absolute Gasteiger partial charge is 0.492 e. The number of aromatic nitrogens is 3. The first-order valence-corrected chi connectivity index (χ1v) is 9.42. The second-order valence-corrected chi connectivity index (χ2v) is 6.82. The van der Waals surface area contributed by atoms with Gasteiger partial charge in [-0.1, -0.05) is 18.2 Å². The van der Waals surface area contributed by atoms with Gasteiger partial charge in [0.1, 0.15) is 12.4 Å². The van der Waals surface area contributed by atoms with Crippen LogP contribution in [0.4, 0.5) is 0 Å². The van der Waals surface area contributed by atoms with Crippen LogP contribution < -0.4 is 10.1 Å². The fourth-order valence-electron chi connectivity index (χ4n) is 2.83. The summed E-state index contributed by atoms with van der Waals surface area (Å²) in [7, 11) is 0. The number of pyridine rings is 1. The number of nitrogens with one attached hydrogen (secondary N) is 1. The Bertz CT molecular complexity index is 999. The predicted octanol–water partition coefficient (Wildman–Crippen LogP) is 2.67. The third-order valence-corrected chi connectivity index (χ3v) is 4.17. The minimum atomic E-state index is -0.584. The van der Waals surface area contributed by atoms with E-state index in [9.17, 15) is 9.59 Å². The number of para-hydroxylation sites is 1. The van der Waals surface area contributed by atoms with Gasteiger partial charge in [0.15, 0.2) is 12.3 Å². The summed E-state index contributed by atoms with van der Waals surface area (Å²) >= 11 is 0. The van der Waals surface area contributed by atoms with E-state index >= 15 is 0 Å². The Balaban J connectivity index is 1.53. The summed E-state index contributed by atoms with van der Waals surface area (Å²) in [4.78, 5) is 28.9. The molecule has 0 radical (unpaired) electrons. The van der Waals surface area contributed by atoms with Gasteiger partial charge in [-0.25, -0.2) is 14.5 Å². The highest BCUT2D eigenvalue weighted by atomic mass is 16.5. The lowest BCUT2D eigenvalue weighted by atomic mass is 10.1. The molecule has 0 aliphatic rings. The number of hydrogen-bond donors (Lipinski definition) is 1. The van der Waals surface area contributed by atoms with Gasteiger partial charge in [0.25, 0.3) is 5.91 Å². The van der Waals surface area contributed by atoms with Crippen LogP contribution in [0, 0.1) is 6.92 Å². The lowest BCUT2D eigenvalue weighted by Crippen LogP contribution is -2.32. The van der Waals surface area contributed by atoms with E-state index < -0.39 is 11.9 Å². The van der Waals surface area contributed by atoms with E-state index in [4.69, 9.17) is 9.47 Å². The van der Waals surface area contributed by atoms with Crippen molar-refractivity contribution in [3.8, 4) is 5.75 Å². The van der Waals surface area contributed by atoms with Crippen LogP contribution in [0.3, 0.4) is 0 Å². The Morgan fingerprint density at radius 2 is 1.97 bits per heavy atom. The minimum Gasteiger partial charge on any atom is -0.492 e. The highest BCUT2D eigenvalue weighted by Gasteiger charge is 2.18. The van der Waals surface area contributed by atoms with Crippen molar-refractivity contribution < 1.29 is 19.1 Å². The maximum atomic E-state index is 12.5. The molecule has 0 saturated heterocycles. The number of ether oxygens (including phenoxy) is 2. The Labute approximate surface area is 168 Å². The Morgan fingerprint density at radius 3 is 2.69 bits per heavy atom. The van der Waals surface area contributed by atoms with Gasteiger partial charge in [0, 0.05) is 11.7 Å². The summed E-state index contributed by atoms with van der Waals surface area (Å²) in [5.74, 6) is -0.249. The Hall–Kier alpha value is -3.42. The number of rotatable bonds is 8. The Morgan fingerprint density at radius 1 is 1.21 bits per heavy atom. The molecule has 0 fully saturated rings. The number of amides is 1. The van der Waals surface area contributed by atoms with Crippen molar-refractivity contribution in [1.29, 1.82) is 0 Å². The number of benzene rings is 1. The predicted molar refractivity (Wildman–Crippen MR) is 108 cm³/mol. The number of hydrogen-bond acceptors (Lipinski definition) is 6. The fourth-order valence-corrected chi connectivity index (χ4v) is 2.83. The topological polar surface area (TPSA) is 95.3 Å². The molecule has 3 rings (SSSR count). The lowest BCUT2D eigenvalue weighted by Gasteiger charge is -2.10. The molecule has 0 aliphatic carbocycles. The summed E-state index contributed by atoms with van der Waals surface area (Å²) < 4.78 is 12.4. The molecule has 8 heteroatoms. The van der Waals surface area contributed by atoms with Crippen LogP contribution in [0.1, 0.15) is 35.9 Å². The molecular weight excluding hydrogens is 372 g/mol. The zero-order chi connectivity index (χ0) is 20.8. The van der Waals surface area contributed by atoms with Crippen molar-refractivity contribution >= 4 is 22.9 Å². The molecule has 1 aromatic carbocycles. The fraction of sp³-hybridized carbons (Fsp3) is 0.333. The summed E-state index contributed by atoms with van der Waals surface area (Å²) in [6.45, 7) is 6.03. The molecule has 2 aromatic heterocycles. The van der Waals surface area contributed by atoms with Gasteiger partial charge >= 0.3 is 5.97 Å². The van der Waals surface area contributed by atoms with Crippen molar-refractivity contribution in [2.45, 2.75) is 26.8 Å².